The summed E-state index contributed by atoms with van der Waals surface area (Å²) in [4.78, 5) is 25.2. The van der Waals surface area contributed by atoms with Crippen molar-refractivity contribution in [2.75, 3.05) is 20.6 Å². The quantitative estimate of drug-likeness (QED) is 0.761. The number of nitrogens with one attached hydrogen (secondary N) is 1. The van der Waals surface area contributed by atoms with Gasteiger partial charge in [0.05, 0.1) is 0 Å². The summed E-state index contributed by atoms with van der Waals surface area (Å²) >= 11 is 0. The van der Waals surface area contributed by atoms with Crippen LogP contribution in [0, 0.1) is 11.8 Å². The number of hydrogen-bond donors (Lipinski definition) is 2. The van der Waals surface area contributed by atoms with E-state index in [4.69, 9.17) is 5.73 Å². The van der Waals surface area contributed by atoms with E-state index >= 15 is 0 Å². The van der Waals surface area contributed by atoms with Crippen molar-refractivity contribution in [1.82, 2.24) is 10.2 Å². The van der Waals surface area contributed by atoms with Crippen molar-refractivity contribution in [2.24, 2.45) is 17.6 Å². The van der Waals surface area contributed by atoms with Crippen LogP contribution in [0.25, 0.3) is 0 Å². The van der Waals surface area contributed by atoms with E-state index in [2.05, 4.69) is 5.32 Å². The molecule has 0 aliphatic heterocycles. The van der Waals surface area contributed by atoms with E-state index in [1.807, 2.05) is 0 Å². The molecule has 0 aromatic carbocycles. The first kappa shape index (κ1) is 15.0. The lowest BCUT2D eigenvalue weighted by atomic mass is 9.81. The van der Waals surface area contributed by atoms with E-state index in [1.54, 1.807) is 21.0 Å². The molecule has 1 aliphatic carbocycles. The molecule has 0 saturated heterocycles. The number of carbonyl (C=O) groups excluding carboxylic acids is 2. The van der Waals surface area contributed by atoms with Crippen LogP contribution in [0.15, 0.2) is 0 Å². The predicted molar refractivity (Wildman–Crippen MR) is 70.8 cm³/mol. The molecule has 0 aromatic heterocycles. The molecule has 0 spiro atoms. The maximum atomic E-state index is 12.0. The maximum Gasteiger partial charge on any atom is 0.244 e. The number of nitrogens with zero attached hydrogens (tertiary/aromatic N) is 1. The lowest BCUT2D eigenvalue weighted by Crippen LogP contribution is -2.46. The minimum atomic E-state index is -0.445. The molecule has 1 unspecified atom stereocenters. The fourth-order valence-electron chi connectivity index (χ4n) is 2.44. The first-order valence-corrected chi connectivity index (χ1v) is 6.67. The molecule has 104 valence electrons. The van der Waals surface area contributed by atoms with Crippen molar-refractivity contribution < 1.29 is 9.59 Å². The summed E-state index contributed by atoms with van der Waals surface area (Å²) < 4.78 is 0. The van der Waals surface area contributed by atoms with Gasteiger partial charge in [-0.15, -0.1) is 0 Å². The van der Waals surface area contributed by atoms with Gasteiger partial charge < -0.3 is 16.0 Å². The van der Waals surface area contributed by atoms with Crippen LogP contribution in [-0.2, 0) is 9.59 Å². The highest BCUT2D eigenvalue weighted by Gasteiger charge is 2.27. The molecule has 0 radical (unpaired) electrons. The van der Waals surface area contributed by atoms with Gasteiger partial charge in [-0.2, -0.15) is 0 Å². The zero-order chi connectivity index (χ0) is 13.7. The molecule has 1 rings (SSSR count). The van der Waals surface area contributed by atoms with E-state index in [0.717, 1.165) is 25.7 Å². The Bertz CT molecular complexity index is 297. The summed E-state index contributed by atoms with van der Waals surface area (Å²) in [7, 11) is 3.38. The highest BCUT2D eigenvalue weighted by Crippen LogP contribution is 2.28. The third-order valence-electron chi connectivity index (χ3n) is 3.72. The zero-order valence-corrected chi connectivity index (χ0v) is 11.6. The molecule has 0 bridgehead atoms. The smallest absolute Gasteiger partial charge is 0.244 e. The van der Waals surface area contributed by atoms with E-state index in [0.29, 0.717) is 12.5 Å². The van der Waals surface area contributed by atoms with Crippen molar-refractivity contribution in [3.63, 3.8) is 0 Å². The molecule has 1 fully saturated rings. The van der Waals surface area contributed by atoms with Gasteiger partial charge in [0.2, 0.25) is 11.8 Å². The standard InChI is InChI=1S/C13H25N3O2/c1-9(13(18)16(2)3)15-12(17)11-6-4-10(8-14)5-7-11/h9-11H,4-8,14H2,1-3H3,(H,15,17). The molecule has 5 heteroatoms. The number of hydrogen-bond acceptors (Lipinski definition) is 3. The molecule has 3 N–H and O–H groups in total. The number of rotatable bonds is 4. The van der Waals surface area contributed by atoms with Crippen molar-refractivity contribution in [2.45, 2.75) is 38.6 Å². The second-order valence-corrected chi connectivity index (χ2v) is 5.42. The molecule has 18 heavy (non-hydrogen) atoms. The number of nitrogens with two attached hydrogens (primary N) is 1. The SMILES string of the molecule is CC(NC(=O)C1CCC(CN)CC1)C(=O)N(C)C. The average molecular weight is 255 g/mol. The Morgan fingerprint density at radius 1 is 1.28 bits per heavy atom. The predicted octanol–water partition coefficient (Wildman–Crippen LogP) is 0.344. The Kier molecular flexibility index (Phi) is 5.59. The van der Waals surface area contributed by atoms with Crippen LogP contribution in [0.4, 0.5) is 0 Å². The molecular formula is C13H25N3O2. The van der Waals surface area contributed by atoms with Gasteiger partial charge in [-0.05, 0) is 45.1 Å². The van der Waals surface area contributed by atoms with E-state index in [1.165, 1.54) is 4.90 Å². The van der Waals surface area contributed by atoms with Gasteiger partial charge in [-0.3, -0.25) is 9.59 Å². The van der Waals surface area contributed by atoms with Crippen molar-refractivity contribution in [3.8, 4) is 0 Å². The lowest BCUT2D eigenvalue weighted by molar-refractivity contribution is -0.135. The van der Waals surface area contributed by atoms with Crippen molar-refractivity contribution in [1.29, 1.82) is 0 Å². The first-order chi connectivity index (χ1) is 8.45. The molecule has 1 aliphatic rings. The summed E-state index contributed by atoms with van der Waals surface area (Å²) in [5.74, 6) is 0.548. The van der Waals surface area contributed by atoms with Crippen LogP contribution in [0.1, 0.15) is 32.6 Å². The number of amides is 2. The molecule has 1 saturated carbocycles. The highest BCUT2D eigenvalue weighted by atomic mass is 16.2. The normalized spacial score (nSPS) is 25.3. The Labute approximate surface area is 109 Å². The highest BCUT2D eigenvalue weighted by molar-refractivity contribution is 5.87. The summed E-state index contributed by atoms with van der Waals surface area (Å²) in [5, 5.41) is 2.80. The number of carbonyl (C=O) groups is 2. The van der Waals surface area contributed by atoms with Crippen LogP contribution in [0.5, 0.6) is 0 Å². The van der Waals surface area contributed by atoms with E-state index in [-0.39, 0.29) is 17.7 Å². The van der Waals surface area contributed by atoms with Crippen LogP contribution in [0.2, 0.25) is 0 Å². The Morgan fingerprint density at radius 2 is 1.83 bits per heavy atom. The van der Waals surface area contributed by atoms with Crippen molar-refractivity contribution in [3.05, 3.63) is 0 Å². The van der Waals surface area contributed by atoms with Crippen LogP contribution >= 0.6 is 0 Å². The Hall–Kier alpha value is -1.10. The average Bonchev–Trinajstić information content (AvgIpc) is 2.37. The molecular weight excluding hydrogens is 230 g/mol. The van der Waals surface area contributed by atoms with Gasteiger partial charge in [-0.25, -0.2) is 0 Å². The van der Waals surface area contributed by atoms with Gasteiger partial charge in [0.15, 0.2) is 0 Å². The summed E-state index contributed by atoms with van der Waals surface area (Å²) in [6.07, 6.45) is 3.81. The second kappa shape index (κ2) is 6.73. The van der Waals surface area contributed by atoms with E-state index < -0.39 is 6.04 Å². The largest absolute Gasteiger partial charge is 0.347 e. The Morgan fingerprint density at radius 3 is 2.28 bits per heavy atom. The molecule has 0 aromatic rings. The van der Waals surface area contributed by atoms with Gasteiger partial charge in [-0.1, -0.05) is 0 Å². The lowest BCUT2D eigenvalue weighted by Gasteiger charge is -2.28. The van der Waals surface area contributed by atoms with Crippen LogP contribution in [-0.4, -0.2) is 43.4 Å². The topological polar surface area (TPSA) is 75.4 Å². The second-order valence-electron chi connectivity index (χ2n) is 5.42. The zero-order valence-electron chi connectivity index (χ0n) is 11.6. The molecule has 1 atom stereocenters. The van der Waals surface area contributed by atoms with Gasteiger partial charge in [0.25, 0.3) is 0 Å². The third-order valence-corrected chi connectivity index (χ3v) is 3.72. The summed E-state index contributed by atoms with van der Waals surface area (Å²) in [6, 6.07) is -0.445. The van der Waals surface area contributed by atoms with Crippen molar-refractivity contribution >= 4 is 11.8 Å². The fourth-order valence-corrected chi connectivity index (χ4v) is 2.44. The van der Waals surface area contributed by atoms with Crippen LogP contribution in [0.3, 0.4) is 0 Å². The van der Waals surface area contributed by atoms with Gasteiger partial charge >= 0.3 is 0 Å². The molecule has 5 nitrogen and oxygen atoms in total. The van der Waals surface area contributed by atoms with E-state index in [9.17, 15) is 9.59 Å². The minimum Gasteiger partial charge on any atom is -0.347 e. The monoisotopic (exact) mass is 255 g/mol. The van der Waals surface area contributed by atoms with Gasteiger partial charge in [0.1, 0.15) is 6.04 Å². The molecule has 0 heterocycles. The Balaban J connectivity index is 2.40. The van der Waals surface area contributed by atoms with Gasteiger partial charge in [0, 0.05) is 20.0 Å². The molecule has 2 amide bonds. The number of likely N-dealkylation sites (N-methyl/N-ethyl adjacent to an activating group) is 1. The summed E-state index contributed by atoms with van der Waals surface area (Å²) in [6.45, 7) is 2.44. The first-order valence-electron chi connectivity index (χ1n) is 6.67. The minimum absolute atomic E-state index is 0.00757. The fraction of sp³-hybridized carbons (Fsp3) is 0.846. The third kappa shape index (κ3) is 3.98. The maximum absolute atomic E-state index is 12.0. The van der Waals surface area contributed by atoms with Crippen LogP contribution < -0.4 is 11.1 Å². The summed E-state index contributed by atoms with van der Waals surface area (Å²) in [5.41, 5.74) is 5.63.